The Morgan fingerprint density at radius 1 is 1.20 bits per heavy atom. The fourth-order valence-corrected chi connectivity index (χ4v) is 2.35. The van der Waals surface area contributed by atoms with Crippen molar-refractivity contribution >= 4 is 0 Å². The van der Waals surface area contributed by atoms with E-state index in [1.165, 1.54) is 36.8 Å². The highest BCUT2D eigenvalue weighted by molar-refractivity contribution is 5.36. The normalized spacial score (nSPS) is 12.4. The Balaban J connectivity index is 2.60. The summed E-state index contributed by atoms with van der Waals surface area (Å²) in [5.41, 5.74) is 2.57. The molecule has 20 heavy (non-hydrogen) atoms. The zero-order chi connectivity index (χ0) is 14.8. The summed E-state index contributed by atoms with van der Waals surface area (Å²) in [6.07, 6.45) is 5.06. The molecule has 0 radical (unpaired) electrons. The zero-order valence-corrected chi connectivity index (χ0v) is 13.7. The summed E-state index contributed by atoms with van der Waals surface area (Å²) >= 11 is 0. The van der Waals surface area contributed by atoms with Gasteiger partial charge in [0.15, 0.2) is 0 Å². The maximum atomic E-state index is 6.10. The fourth-order valence-electron chi connectivity index (χ4n) is 2.35. The van der Waals surface area contributed by atoms with E-state index >= 15 is 0 Å². The summed E-state index contributed by atoms with van der Waals surface area (Å²) in [4.78, 5) is 0. The van der Waals surface area contributed by atoms with Crippen molar-refractivity contribution in [3.63, 3.8) is 0 Å². The van der Waals surface area contributed by atoms with Crippen LogP contribution in [0.15, 0.2) is 18.2 Å². The molecule has 0 saturated heterocycles. The summed E-state index contributed by atoms with van der Waals surface area (Å²) < 4.78 is 6.10. The first kappa shape index (κ1) is 17.0. The summed E-state index contributed by atoms with van der Waals surface area (Å²) in [6, 6.07) is 6.48. The second-order valence-electron chi connectivity index (χ2n) is 5.62. The molecule has 0 aliphatic rings. The molecule has 0 aliphatic heterocycles. The lowest BCUT2D eigenvalue weighted by molar-refractivity contribution is 0.231. The van der Waals surface area contributed by atoms with Gasteiger partial charge in [0.25, 0.3) is 0 Å². The molecule has 0 amide bonds. The highest BCUT2D eigenvalue weighted by atomic mass is 16.5. The maximum Gasteiger partial charge on any atom is 0.123 e. The van der Waals surface area contributed by atoms with Crippen LogP contribution in [0.1, 0.15) is 57.6 Å². The minimum atomic E-state index is 0.684. The van der Waals surface area contributed by atoms with Crippen LogP contribution in [0.25, 0.3) is 0 Å². The van der Waals surface area contributed by atoms with Crippen LogP contribution in [0, 0.1) is 12.8 Å². The molecule has 0 bridgehead atoms. The van der Waals surface area contributed by atoms with Crippen LogP contribution in [0.3, 0.4) is 0 Å². The molecule has 1 aromatic carbocycles. The summed E-state index contributed by atoms with van der Waals surface area (Å²) in [7, 11) is 0. The van der Waals surface area contributed by atoms with Crippen LogP contribution >= 0.6 is 0 Å². The fraction of sp³-hybridized carbons (Fsp3) is 0.667. The van der Waals surface area contributed by atoms with Gasteiger partial charge in [-0.1, -0.05) is 57.7 Å². The van der Waals surface area contributed by atoms with Gasteiger partial charge in [-0.05, 0) is 31.9 Å². The van der Waals surface area contributed by atoms with E-state index in [0.717, 1.165) is 25.4 Å². The smallest absolute Gasteiger partial charge is 0.123 e. The van der Waals surface area contributed by atoms with Gasteiger partial charge in [-0.2, -0.15) is 0 Å². The average Bonchev–Trinajstić information content (AvgIpc) is 2.46. The molecule has 1 aromatic rings. The van der Waals surface area contributed by atoms with Gasteiger partial charge in [-0.15, -0.1) is 0 Å². The lowest BCUT2D eigenvalue weighted by Gasteiger charge is -2.18. The Bertz CT molecular complexity index is 376. The Morgan fingerprint density at radius 3 is 2.65 bits per heavy atom. The van der Waals surface area contributed by atoms with Crippen LogP contribution in [-0.2, 0) is 6.54 Å². The number of aryl methyl sites for hydroxylation is 1. The van der Waals surface area contributed by atoms with E-state index in [0.29, 0.717) is 5.92 Å². The van der Waals surface area contributed by atoms with E-state index in [4.69, 9.17) is 4.74 Å². The highest BCUT2D eigenvalue weighted by Gasteiger charge is 2.09. The number of rotatable bonds is 10. The van der Waals surface area contributed by atoms with Crippen LogP contribution in [0.5, 0.6) is 5.75 Å². The molecular formula is C18H31NO. The number of unbranched alkanes of at least 4 members (excludes halogenated alkanes) is 1. The van der Waals surface area contributed by atoms with Crippen molar-refractivity contribution in [2.45, 2.75) is 59.9 Å². The van der Waals surface area contributed by atoms with Gasteiger partial charge in [0, 0.05) is 12.1 Å². The minimum absolute atomic E-state index is 0.684. The molecule has 1 unspecified atom stereocenters. The van der Waals surface area contributed by atoms with Gasteiger partial charge < -0.3 is 10.1 Å². The molecule has 2 heteroatoms. The first-order valence-corrected chi connectivity index (χ1v) is 8.14. The largest absolute Gasteiger partial charge is 0.493 e. The molecule has 1 N–H and O–H groups in total. The standard InChI is InChI=1S/C18H31NO/c1-5-8-9-16(6-2)14-20-18-11-10-15(4)12-17(18)13-19-7-3/h10-12,16,19H,5-9,13-14H2,1-4H3. The predicted molar refractivity (Wildman–Crippen MR) is 87.4 cm³/mol. The van der Waals surface area contributed by atoms with Crippen LogP contribution in [0.4, 0.5) is 0 Å². The van der Waals surface area contributed by atoms with Gasteiger partial charge in [-0.3, -0.25) is 0 Å². The van der Waals surface area contributed by atoms with Gasteiger partial charge in [0.2, 0.25) is 0 Å². The van der Waals surface area contributed by atoms with Gasteiger partial charge in [0.1, 0.15) is 5.75 Å². The molecular weight excluding hydrogens is 246 g/mol. The van der Waals surface area contributed by atoms with Crippen molar-refractivity contribution in [2.75, 3.05) is 13.2 Å². The Labute approximate surface area is 124 Å². The Morgan fingerprint density at radius 2 is 2.00 bits per heavy atom. The molecule has 0 saturated carbocycles. The maximum absolute atomic E-state index is 6.10. The van der Waals surface area contributed by atoms with Gasteiger partial charge >= 0.3 is 0 Å². The van der Waals surface area contributed by atoms with Crippen molar-refractivity contribution in [3.8, 4) is 5.75 Å². The Kier molecular flexibility index (Phi) is 8.36. The quantitative estimate of drug-likeness (QED) is 0.669. The molecule has 0 heterocycles. The number of nitrogens with one attached hydrogen (secondary N) is 1. The monoisotopic (exact) mass is 277 g/mol. The van der Waals surface area contributed by atoms with Gasteiger partial charge in [-0.25, -0.2) is 0 Å². The summed E-state index contributed by atoms with van der Waals surface area (Å²) in [5.74, 6) is 1.73. The number of hydrogen-bond donors (Lipinski definition) is 1. The van der Waals surface area contributed by atoms with E-state index < -0.39 is 0 Å². The summed E-state index contributed by atoms with van der Waals surface area (Å²) in [6.45, 7) is 11.5. The van der Waals surface area contributed by atoms with E-state index in [2.05, 4.69) is 51.2 Å². The van der Waals surface area contributed by atoms with Crippen molar-refractivity contribution in [2.24, 2.45) is 5.92 Å². The molecule has 1 rings (SSSR count). The lowest BCUT2D eigenvalue weighted by atomic mass is 10.0. The first-order chi connectivity index (χ1) is 9.71. The SMILES string of the molecule is CCCCC(CC)COc1ccc(C)cc1CNCC. The third-order valence-corrected chi connectivity index (χ3v) is 3.80. The molecule has 114 valence electrons. The molecule has 0 aliphatic carbocycles. The van der Waals surface area contributed by atoms with Crippen molar-refractivity contribution in [1.29, 1.82) is 0 Å². The predicted octanol–water partition coefficient (Wildman–Crippen LogP) is 4.70. The molecule has 0 fully saturated rings. The minimum Gasteiger partial charge on any atom is -0.493 e. The third kappa shape index (κ3) is 5.96. The highest BCUT2D eigenvalue weighted by Crippen LogP contribution is 2.22. The zero-order valence-electron chi connectivity index (χ0n) is 13.7. The topological polar surface area (TPSA) is 21.3 Å². The number of ether oxygens (including phenoxy) is 1. The van der Waals surface area contributed by atoms with E-state index in [1.807, 2.05) is 0 Å². The van der Waals surface area contributed by atoms with E-state index in [1.54, 1.807) is 0 Å². The van der Waals surface area contributed by atoms with E-state index in [9.17, 15) is 0 Å². The Hall–Kier alpha value is -1.02. The van der Waals surface area contributed by atoms with Crippen molar-refractivity contribution < 1.29 is 4.74 Å². The lowest BCUT2D eigenvalue weighted by Crippen LogP contribution is -2.15. The molecule has 0 spiro atoms. The first-order valence-electron chi connectivity index (χ1n) is 8.14. The second-order valence-corrected chi connectivity index (χ2v) is 5.62. The van der Waals surface area contributed by atoms with Crippen LogP contribution in [0.2, 0.25) is 0 Å². The second kappa shape index (κ2) is 9.82. The third-order valence-electron chi connectivity index (χ3n) is 3.80. The average molecular weight is 277 g/mol. The number of hydrogen-bond acceptors (Lipinski definition) is 2. The summed E-state index contributed by atoms with van der Waals surface area (Å²) in [5, 5.41) is 3.39. The molecule has 0 aromatic heterocycles. The van der Waals surface area contributed by atoms with Gasteiger partial charge in [0.05, 0.1) is 6.61 Å². The van der Waals surface area contributed by atoms with Crippen LogP contribution < -0.4 is 10.1 Å². The molecule has 1 atom stereocenters. The van der Waals surface area contributed by atoms with Crippen LogP contribution in [-0.4, -0.2) is 13.2 Å². The number of benzene rings is 1. The van der Waals surface area contributed by atoms with E-state index in [-0.39, 0.29) is 0 Å². The van der Waals surface area contributed by atoms with Crippen molar-refractivity contribution in [1.82, 2.24) is 5.32 Å². The molecule has 2 nitrogen and oxygen atoms in total. The van der Waals surface area contributed by atoms with Crippen molar-refractivity contribution in [3.05, 3.63) is 29.3 Å².